The molecule has 0 spiro atoms. The van der Waals surface area contributed by atoms with Gasteiger partial charge in [-0.05, 0) is 34.6 Å². The predicted molar refractivity (Wildman–Crippen MR) is 97.0 cm³/mol. The number of hydrogen-bond acceptors (Lipinski definition) is 3. The number of rotatable bonds is 2. The van der Waals surface area contributed by atoms with Gasteiger partial charge < -0.3 is 5.11 Å². The Hall–Kier alpha value is -2.16. The van der Waals surface area contributed by atoms with E-state index < -0.39 is 0 Å². The molecule has 3 heteroatoms. The highest BCUT2D eigenvalue weighted by Gasteiger charge is 2.24. The van der Waals surface area contributed by atoms with Crippen molar-refractivity contribution in [3.05, 3.63) is 53.3 Å². The van der Waals surface area contributed by atoms with Gasteiger partial charge in [0.15, 0.2) is 0 Å². The van der Waals surface area contributed by atoms with E-state index in [9.17, 15) is 5.11 Å². The van der Waals surface area contributed by atoms with Gasteiger partial charge in [0, 0.05) is 11.8 Å². The van der Waals surface area contributed by atoms with Gasteiger partial charge in [0.05, 0.1) is 11.9 Å². The van der Waals surface area contributed by atoms with Gasteiger partial charge in [-0.3, -0.25) is 9.98 Å². The number of phenols is 1. The third-order valence-corrected chi connectivity index (χ3v) is 3.79. The SMILES string of the molecule is CC(C)(C)c1cc(N=Cc2ccccn2)c(O)c(C(C)(C)C)c1. The van der Waals surface area contributed by atoms with Crippen molar-refractivity contribution >= 4 is 11.9 Å². The second kappa shape index (κ2) is 6.15. The zero-order valence-electron chi connectivity index (χ0n) is 14.9. The lowest BCUT2D eigenvalue weighted by Crippen LogP contribution is -2.16. The second-order valence-corrected chi connectivity index (χ2v) is 7.90. The highest BCUT2D eigenvalue weighted by Crippen LogP contribution is 2.41. The molecule has 1 N–H and O–H groups in total. The lowest BCUT2D eigenvalue weighted by molar-refractivity contribution is 0.446. The molecular formula is C20H26N2O. The smallest absolute Gasteiger partial charge is 0.144 e. The number of phenolic OH excluding ortho intramolecular Hbond substituents is 1. The minimum atomic E-state index is -0.152. The molecule has 0 fully saturated rings. The van der Waals surface area contributed by atoms with Gasteiger partial charge in [-0.25, -0.2) is 0 Å². The van der Waals surface area contributed by atoms with Crippen LogP contribution in [0.2, 0.25) is 0 Å². The maximum absolute atomic E-state index is 10.7. The first-order valence-corrected chi connectivity index (χ1v) is 7.92. The van der Waals surface area contributed by atoms with E-state index in [0.29, 0.717) is 5.69 Å². The van der Waals surface area contributed by atoms with Crippen LogP contribution in [0.5, 0.6) is 5.75 Å². The van der Waals surface area contributed by atoms with Crippen LogP contribution in [0.15, 0.2) is 41.5 Å². The Morgan fingerprint density at radius 2 is 1.70 bits per heavy atom. The molecule has 1 aromatic carbocycles. The van der Waals surface area contributed by atoms with E-state index in [1.807, 2.05) is 24.3 Å². The average Bonchev–Trinajstić information content (AvgIpc) is 2.44. The van der Waals surface area contributed by atoms with Crippen LogP contribution in [0, 0.1) is 0 Å². The number of pyridine rings is 1. The van der Waals surface area contributed by atoms with Gasteiger partial charge in [-0.15, -0.1) is 0 Å². The summed E-state index contributed by atoms with van der Waals surface area (Å²) >= 11 is 0. The molecule has 0 saturated carbocycles. The Labute approximate surface area is 139 Å². The van der Waals surface area contributed by atoms with Gasteiger partial charge in [0.1, 0.15) is 11.4 Å². The summed E-state index contributed by atoms with van der Waals surface area (Å²) in [5.74, 6) is 0.248. The van der Waals surface area contributed by atoms with Crippen LogP contribution in [0.3, 0.4) is 0 Å². The average molecular weight is 310 g/mol. The Bertz CT molecular complexity index is 705. The van der Waals surface area contributed by atoms with Crippen molar-refractivity contribution in [2.75, 3.05) is 0 Å². The zero-order chi connectivity index (χ0) is 17.3. The molecule has 0 aliphatic heterocycles. The second-order valence-electron chi connectivity index (χ2n) is 7.90. The summed E-state index contributed by atoms with van der Waals surface area (Å²) in [4.78, 5) is 8.72. The summed E-state index contributed by atoms with van der Waals surface area (Å²) in [6.45, 7) is 12.8. The molecule has 122 valence electrons. The molecule has 1 aromatic heterocycles. The fourth-order valence-electron chi connectivity index (χ4n) is 2.31. The number of nitrogens with zero attached hydrogens (tertiary/aromatic N) is 2. The van der Waals surface area contributed by atoms with E-state index in [1.165, 1.54) is 0 Å². The van der Waals surface area contributed by atoms with E-state index in [1.54, 1.807) is 12.4 Å². The summed E-state index contributed by atoms with van der Waals surface area (Å²) in [5.41, 5.74) is 3.27. The van der Waals surface area contributed by atoms with Gasteiger partial charge in [-0.1, -0.05) is 53.7 Å². The molecular weight excluding hydrogens is 284 g/mol. The summed E-state index contributed by atoms with van der Waals surface area (Å²) in [5, 5.41) is 10.7. The Balaban J connectivity index is 2.56. The standard InChI is InChI=1S/C20H26N2O/c1-19(2,3)14-11-16(20(4,5)6)18(23)17(12-14)22-13-15-9-7-8-10-21-15/h7-13,23H,1-6H3. The highest BCUT2D eigenvalue weighted by atomic mass is 16.3. The van der Waals surface area contributed by atoms with Crippen molar-refractivity contribution in [3.63, 3.8) is 0 Å². The topological polar surface area (TPSA) is 45.5 Å². The minimum Gasteiger partial charge on any atom is -0.505 e. The molecule has 0 radical (unpaired) electrons. The van der Waals surface area contributed by atoms with Crippen LogP contribution < -0.4 is 0 Å². The lowest BCUT2D eigenvalue weighted by atomic mass is 9.80. The van der Waals surface area contributed by atoms with Crippen LogP contribution in [0.1, 0.15) is 58.4 Å². The van der Waals surface area contributed by atoms with Crippen LogP contribution in [-0.4, -0.2) is 16.3 Å². The van der Waals surface area contributed by atoms with Crippen LogP contribution in [-0.2, 0) is 10.8 Å². The summed E-state index contributed by atoms with van der Waals surface area (Å²) in [7, 11) is 0. The van der Waals surface area contributed by atoms with E-state index in [4.69, 9.17) is 0 Å². The molecule has 0 bridgehead atoms. The summed E-state index contributed by atoms with van der Waals surface area (Å²) < 4.78 is 0. The summed E-state index contributed by atoms with van der Waals surface area (Å²) in [6.07, 6.45) is 3.42. The third-order valence-electron chi connectivity index (χ3n) is 3.79. The van der Waals surface area contributed by atoms with E-state index in [-0.39, 0.29) is 16.6 Å². The van der Waals surface area contributed by atoms with E-state index in [0.717, 1.165) is 16.8 Å². The highest BCUT2D eigenvalue weighted by molar-refractivity contribution is 5.81. The van der Waals surface area contributed by atoms with Crippen molar-refractivity contribution in [1.82, 2.24) is 4.98 Å². The van der Waals surface area contributed by atoms with Crippen molar-refractivity contribution < 1.29 is 5.11 Å². The van der Waals surface area contributed by atoms with Gasteiger partial charge in [0.25, 0.3) is 0 Å². The fraction of sp³-hybridized carbons (Fsp3) is 0.400. The third kappa shape index (κ3) is 4.19. The number of aromatic nitrogens is 1. The quantitative estimate of drug-likeness (QED) is 0.781. The molecule has 0 aliphatic rings. The van der Waals surface area contributed by atoms with Crippen LogP contribution >= 0.6 is 0 Å². The molecule has 0 amide bonds. The number of aromatic hydroxyl groups is 1. The monoisotopic (exact) mass is 310 g/mol. The first kappa shape index (κ1) is 17.2. The van der Waals surface area contributed by atoms with Crippen LogP contribution in [0.4, 0.5) is 5.69 Å². The largest absolute Gasteiger partial charge is 0.505 e. The Morgan fingerprint density at radius 1 is 1.00 bits per heavy atom. The zero-order valence-corrected chi connectivity index (χ0v) is 14.9. The van der Waals surface area contributed by atoms with Crippen LogP contribution in [0.25, 0.3) is 0 Å². The van der Waals surface area contributed by atoms with Gasteiger partial charge in [-0.2, -0.15) is 0 Å². The summed E-state index contributed by atoms with van der Waals surface area (Å²) in [6, 6.07) is 9.73. The molecule has 0 unspecified atom stereocenters. The molecule has 3 nitrogen and oxygen atoms in total. The molecule has 1 heterocycles. The lowest BCUT2D eigenvalue weighted by Gasteiger charge is -2.26. The van der Waals surface area contributed by atoms with Crippen molar-refractivity contribution in [2.45, 2.75) is 52.4 Å². The van der Waals surface area contributed by atoms with Crippen molar-refractivity contribution in [1.29, 1.82) is 0 Å². The minimum absolute atomic E-state index is 0.0109. The first-order valence-electron chi connectivity index (χ1n) is 7.92. The van der Waals surface area contributed by atoms with E-state index in [2.05, 4.69) is 57.6 Å². The maximum Gasteiger partial charge on any atom is 0.144 e. The number of aliphatic imine (C=N–C) groups is 1. The van der Waals surface area contributed by atoms with Crippen molar-refractivity contribution in [2.24, 2.45) is 4.99 Å². The first-order chi connectivity index (χ1) is 10.6. The predicted octanol–water partition coefficient (Wildman–Crippen LogP) is 5.13. The fourth-order valence-corrected chi connectivity index (χ4v) is 2.31. The van der Waals surface area contributed by atoms with E-state index >= 15 is 0 Å². The molecule has 2 rings (SSSR count). The Morgan fingerprint density at radius 3 is 2.22 bits per heavy atom. The molecule has 0 atom stereocenters. The Kier molecular flexibility index (Phi) is 4.60. The molecule has 0 saturated heterocycles. The molecule has 23 heavy (non-hydrogen) atoms. The maximum atomic E-state index is 10.7. The number of hydrogen-bond donors (Lipinski definition) is 1. The van der Waals surface area contributed by atoms with Gasteiger partial charge in [0.2, 0.25) is 0 Å². The van der Waals surface area contributed by atoms with Crippen molar-refractivity contribution in [3.8, 4) is 5.75 Å². The molecule has 0 aliphatic carbocycles. The normalized spacial score (nSPS) is 12.8. The van der Waals surface area contributed by atoms with Gasteiger partial charge >= 0.3 is 0 Å². The number of benzene rings is 1. The molecule has 2 aromatic rings.